The largest absolute Gasteiger partial charge is 0.454 e. The van der Waals surface area contributed by atoms with Crippen molar-refractivity contribution in [3.63, 3.8) is 0 Å². The molecule has 0 bridgehead atoms. The summed E-state index contributed by atoms with van der Waals surface area (Å²) in [4.78, 5) is 28.9. The Kier molecular flexibility index (Phi) is 9.54. The smallest absolute Gasteiger partial charge is 0.244 e. The Morgan fingerprint density at radius 2 is 1.65 bits per heavy atom. The lowest BCUT2D eigenvalue weighted by Gasteiger charge is -2.33. The van der Waals surface area contributed by atoms with Crippen LogP contribution in [0.4, 0.5) is 5.69 Å². The summed E-state index contributed by atoms with van der Waals surface area (Å²) in [5.41, 5.74) is 1.87. The first-order chi connectivity index (χ1) is 19.2. The van der Waals surface area contributed by atoms with E-state index in [1.165, 1.54) is 17.9 Å². The number of carbonyl (C=O) groups is 2. The number of rotatable bonds is 12. The number of nitrogens with one attached hydrogen (secondary N) is 1. The summed E-state index contributed by atoms with van der Waals surface area (Å²) in [5.74, 6) is -0.204. The van der Waals surface area contributed by atoms with E-state index in [1.54, 1.807) is 43.3 Å². The van der Waals surface area contributed by atoms with Crippen molar-refractivity contribution in [1.82, 2.24) is 10.2 Å². The molecule has 0 spiro atoms. The highest BCUT2D eigenvalue weighted by atomic mass is 35.5. The van der Waals surface area contributed by atoms with Crippen molar-refractivity contribution < 1.29 is 27.5 Å². The van der Waals surface area contributed by atoms with Crippen LogP contribution in [0, 0.1) is 0 Å². The van der Waals surface area contributed by atoms with Crippen LogP contribution in [0.1, 0.15) is 25.0 Å². The Morgan fingerprint density at radius 3 is 2.33 bits per heavy atom. The number of hydrogen-bond acceptors (Lipinski definition) is 6. The summed E-state index contributed by atoms with van der Waals surface area (Å²) < 4.78 is 38.3. The van der Waals surface area contributed by atoms with Gasteiger partial charge in [0.1, 0.15) is 12.6 Å². The molecule has 11 heteroatoms. The molecule has 0 saturated carbocycles. The maximum atomic E-state index is 14.1. The van der Waals surface area contributed by atoms with Gasteiger partial charge in [-0.1, -0.05) is 54.1 Å². The molecule has 1 atom stereocenters. The van der Waals surface area contributed by atoms with E-state index in [-0.39, 0.29) is 37.1 Å². The monoisotopic (exact) mass is 585 g/mol. The lowest BCUT2D eigenvalue weighted by molar-refractivity contribution is -0.140. The number of halogens is 1. The predicted molar refractivity (Wildman–Crippen MR) is 154 cm³/mol. The third kappa shape index (κ3) is 7.05. The Labute approximate surface area is 239 Å². The van der Waals surface area contributed by atoms with Gasteiger partial charge in [-0.2, -0.15) is 0 Å². The van der Waals surface area contributed by atoms with Gasteiger partial charge in [0.15, 0.2) is 11.5 Å². The van der Waals surface area contributed by atoms with Crippen molar-refractivity contribution in [1.29, 1.82) is 0 Å². The van der Waals surface area contributed by atoms with Gasteiger partial charge in [-0.3, -0.25) is 13.9 Å². The zero-order valence-electron chi connectivity index (χ0n) is 22.4. The first-order valence-electron chi connectivity index (χ1n) is 13.0. The van der Waals surface area contributed by atoms with Crippen LogP contribution in [0.15, 0.2) is 72.8 Å². The average Bonchev–Trinajstić information content (AvgIpc) is 3.43. The summed E-state index contributed by atoms with van der Waals surface area (Å²) >= 11 is 6.08. The molecule has 0 fully saturated rings. The quantitative estimate of drug-likeness (QED) is 0.344. The number of benzene rings is 3. The van der Waals surface area contributed by atoms with E-state index in [4.69, 9.17) is 21.1 Å². The first kappa shape index (κ1) is 29.2. The highest BCUT2D eigenvalue weighted by Crippen LogP contribution is 2.36. The zero-order valence-corrected chi connectivity index (χ0v) is 24.0. The average molecular weight is 586 g/mol. The third-order valence-electron chi connectivity index (χ3n) is 6.51. The van der Waals surface area contributed by atoms with Gasteiger partial charge in [-0.25, -0.2) is 8.42 Å². The molecule has 3 aromatic carbocycles. The molecule has 0 aromatic heterocycles. The van der Waals surface area contributed by atoms with Crippen molar-refractivity contribution >= 4 is 39.1 Å². The SMILES string of the molecule is CCNC(=O)C(Cc1ccccc1)N(Cc1ccc(Cl)cc1)C(=O)CN(c1ccc2c(c1)OCO2)S(=O)(=O)CC. The number of ether oxygens (including phenoxy) is 2. The minimum atomic E-state index is -3.88. The number of hydrogen-bond donors (Lipinski definition) is 1. The molecule has 212 valence electrons. The van der Waals surface area contributed by atoms with Gasteiger partial charge in [0, 0.05) is 30.6 Å². The summed E-state index contributed by atoms with van der Waals surface area (Å²) in [6, 6.07) is 20.2. The molecule has 1 N–H and O–H groups in total. The molecular weight excluding hydrogens is 554 g/mol. The molecule has 0 aliphatic carbocycles. The molecule has 3 aromatic rings. The minimum absolute atomic E-state index is 0.0286. The highest BCUT2D eigenvalue weighted by Gasteiger charge is 2.34. The highest BCUT2D eigenvalue weighted by molar-refractivity contribution is 7.92. The summed E-state index contributed by atoms with van der Waals surface area (Å²) in [5, 5.41) is 3.37. The number of carbonyl (C=O) groups excluding carboxylic acids is 2. The second kappa shape index (κ2) is 13.1. The Balaban J connectivity index is 1.73. The molecule has 1 aliphatic rings. The van der Waals surface area contributed by atoms with E-state index in [9.17, 15) is 18.0 Å². The van der Waals surface area contributed by atoms with Crippen LogP contribution in [0.25, 0.3) is 0 Å². The lowest BCUT2D eigenvalue weighted by Crippen LogP contribution is -2.53. The van der Waals surface area contributed by atoms with E-state index >= 15 is 0 Å². The second-order valence-corrected chi connectivity index (χ2v) is 11.8. The van der Waals surface area contributed by atoms with Gasteiger partial charge in [-0.05, 0) is 49.2 Å². The normalized spacial score (nSPS) is 13.0. The maximum absolute atomic E-state index is 14.1. The van der Waals surface area contributed by atoms with E-state index in [2.05, 4.69) is 5.32 Å². The maximum Gasteiger partial charge on any atom is 0.244 e. The number of anilines is 1. The molecule has 1 heterocycles. The number of sulfonamides is 1. The van der Waals surface area contributed by atoms with Crippen LogP contribution in [0.2, 0.25) is 5.02 Å². The van der Waals surface area contributed by atoms with Crippen LogP contribution >= 0.6 is 11.6 Å². The molecule has 2 amide bonds. The van der Waals surface area contributed by atoms with E-state index in [0.29, 0.717) is 23.1 Å². The van der Waals surface area contributed by atoms with Crippen LogP contribution in [-0.4, -0.2) is 56.8 Å². The summed E-state index contributed by atoms with van der Waals surface area (Å²) in [6.45, 7) is 3.29. The van der Waals surface area contributed by atoms with E-state index in [1.807, 2.05) is 30.3 Å². The summed E-state index contributed by atoms with van der Waals surface area (Å²) in [6.07, 6.45) is 0.247. The number of fused-ring (bicyclic) bond motifs is 1. The van der Waals surface area contributed by atoms with Crippen LogP contribution < -0.4 is 19.1 Å². The fourth-order valence-electron chi connectivity index (χ4n) is 4.39. The molecule has 1 unspecified atom stereocenters. The number of amides is 2. The van der Waals surface area contributed by atoms with Crippen LogP contribution in [0.3, 0.4) is 0 Å². The van der Waals surface area contributed by atoms with Crippen LogP contribution in [-0.2, 0) is 32.6 Å². The lowest BCUT2D eigenvalue weighted by atomic mass is 10.0. The molecule has 0 saturated heterocycles. The molecule has 1 aliphatic heterocycles. The van der Waals surface area contributed by atoms with E-state index in [0.717, 1.165) is 15.4 Å². The van der Waals surface area contributed by atoms with Gasteiger partial charge in [0.2, 0.25) is 28.6 Å². The standard InChI is InChI=1S/C29H32ClN3O6S/c1-3-31-29(35)25(16-21-8-6-5-7-9-21)32(18-22-10-12-23(30)13-11-22)28(34)19-33(40(36,37)4-2)24-14-15-26-27(17-24)39-20-38-26/h5-15,17,25H,3-4,16,18-20H2,1-2H3,(H,31,35). The molecule has 0 radical (unpaired) electrons. The molecule has 4 rings (SSSR count). The molecule has 9 nitrogen and oxygen atoms in total. The van der Waals surface area contributed by atoms with Gasteiger partial charge in [0.25, 0.3) is 0 Å². The third-order valence-corrected chi connectivity index (χ3v) is 8.50. The van der Waals surface area contributed by atoms with E-state index < -0.39 is 28.5 Å². The summed E-state index contributed by atoms with van der Waals surface area (Å²) in [7, 11) is -3.88. The molecular formula is C29H32ClN3O6S. The second-order valence-electron chi connectivity index (χ2n) is 9.19. The number of nitrogens with zero attached hydrogens (tertiary/aromatic N) is 2. The molecule has 40 heavy (non-hydrogen) atoms. The van der Waals surface area contributed by atoms with Crippen molar-refractivity contribution in [3.8, 4) is 11.5 Å². The van der Waals surface area contributed by atoms with Crippen molar-refractivity contribution in [2.75, 3.05) is 29.9 Å². The van der Waals surface area contributed by atoms with Crippen LogP contribution in [0.5, 0.6) is 11.5 Å². The van der Waals surface area contributed by atoms with Gasteiger partial charge < -0.3 is 19.7 Å². The fraction of sp³-hybridized carbons (Fsp3) is 0.310. The van der Waals surface area contributed by atoms with Gasteiger partial charge in [-0.15, -0.1) is 0 Å². The van der Waals surface area contributed by atoms with Gasteiger partial charge in [0.05, 0.1) is 11.4 Å². The Morgan fingerprint density at radius 1 is 0.950 bits per heavy atom. The first-order valence-corrected chi connectivity index (χ1v) is 15.0. The fourth-order valence-corrected chi connectivity index (χ4v) is 5.57. The predicted octanol–water partition coefficient (Wildman–Crippen LogP) is 4.00. The van der Waals surface area contributed by atoms with Crippen molar-refractivity contribution in [3.05, 3.63) is 88.9 Å². The van der Waals surface area contributed by atoms with Crippen molar-refractivity contribution in [2.45, 2.75) is 32.9 Å². The number of likely N-dealkylation sites (N-methyl/N-ethyl adjacent to an activating group) is 1. The van der Waals surface area contributed by atoms with Crippen molar-refractivity contribution in [2.24, 2.45) is 0 Å². The Bertz CT molecular complexity index is 1430. The zero-order chi connectivity index (χ0) is 28.7. The van der Waals surface area contributed by atoms with Gasteiger partial charge >= 0.3 is 0 Å². The minimum Gasteiger partial charge on any atom is -0.454 e. The Hall–Kier alpha value is -3.76. The topological polar surface area (TPSA) is 105 Å².